The highest BCUT2D eigenvalue weighted by molar-refractivity contribution is 5.73. The Morgan fingerprint density at radius 2 is 2.07 bits per heavy atom. The Balaban J connectivity index is 2.50. The van der Waals surface area contributed by atoms with Crippen molar-refractivity contribution in [1.29, 1.82) is 0 Å². The third-order valence-corrected chi connectivity index (χ3v) is 2.70. The molecule has 15 heavy (non-hydrogen) atoms. The van der Waals surface area contributed by atoms with Gasteiger partial charge in [-0.25, -0.2) is 0 Å². The van der Waals surface area contributed by atoms with Crippen LogP contribution in [0.4, 0.5) is 0 Å². The van der Waals surface area contributed by atoms with Gasteiger partial charge in [-0.3, -0.25) is 4.79 Å². The molecule has 88 valence electrons. The topological polar surface area (TPSA) is 72.5 Å². The van der Waals surface area contributed by atoms with Crippen LogP contribution in [0.5, 0.6) is 0 Å². The van der Waals surface area contributed by atoms with Crippen LogP contribution < -0.4 is 5.73 Å². The molecule has 0 aliphatic heterocycles. The molecular formula is C11H21NO3. The van der Waals surface area contributed by atoms with Gasteiger partial charge in [0.1, 0.15) is 5.60 Å². The molecule has 3 atom stereocenters. The summed E-state index contributed by atoms with van der Waals surface area (Å²) in [5.41, 5.74) is 5.05. The van der Waals surface area contributed by atoms with Crippen molar-refractivity contribution in [2.75, 3.05) is 6.54 Å². The van der Waals surface area contributed by atoms with Crippen molar-refractivity contribution in [3.63, 3.8) is 0 Å². The average Bonchev–Trinajstić information content (AvgIpc) is 2.43. The first kappa shape index (κ1) is 12.5. The second-order valence-electron chi connectivity index (χ2n) is 5.26. The number of nitrogens with two attached hydrogens (primary N) is 1. The molecule has 1 rings (SSSR count). The summed E-state index contributed by atoms with van der Waals surface area (Å²) in [7, 11) is 0. The van der Waals surface area contributed by atoms with E-state index in [1.165, 1.54) is 0 Å². The van der Waals surface area contributed by atoms with Gasteiger partial charge < -0.3 is 15.6 Å². The summed E-state index contributed by atoms with van der Waals surface area (Å²) in [5, 5.41) is 9.62. The van der Waals surface area contributed by atoms with Crippen LogP contribution in [0.2, 0.25) is 0 Å². The molecule has 0 aromatic carbocycles. The minimum absolute atomic E-state index is 0.0440. The Labute approximate surface area is 90.8 Å². The van der Waals surface area contributed by atoms with Crippen LogP contribution in [0, 0.1) is 11.8 Å². The SMILES string of the molecule is CC(C)(C)OC(=O)[C@H]1C[C@H](CN)[C@H](O)C1. The molecule has 0 aromatic heterocycles. The molecule has 1 fully saturated rings. The van der Waals surface area contributed by atoms with Crippen LogP contribution in [0.25, 0.3) is 0 Å². The molecule has 4 heteroatoms. The van der Waals surface area contributed by atoms with Crippen LogP contribution in [-0.2, 0) is 9.53 Å². The third-order valence-electron chi connectivity index (χ3n) is 2.70. The first-order valence-corrected chi connectivity index (χ1v) is 5.44. The highest BCUT2D eigenvalue weighted by Gasteiger charge is 2.38. The molecule has 0 unspecified atom stereocenters. The summed E-state index contributed by atoms with van der Waals surface area (Å²) in [6.45, 7) is 5.96. The summed E-state index contributed by atoms with van der Waals surface area (Å²) >= 11 is 0. The molecule has 0 amide bonds. The number of esters is 1. The molecule has 0 aromatic rings. The van der Waals surface area contributed by atoms with Crippen molar-refractivity contribution in [2.45, 2.75) is 45.3 Å². The highest BCUT2D eigenvalue weighted by atomic mass is 16.6. The lowest BCUT2D eigenvalue weighted by atomic mass is 10.0. The Kier molecular flexibility index (Phi) is 3.73. The van der Waals surface area contributed by atoms with Gasteiger partial charge in [-0.15, -0.1) is 0 Å². The number of hydrogen-bond donors (Lipinski definition) is 2. The molecule has 0 spiro atoms. The summed E-state index contributed by atoms with van der Waals surface area (Å²) in [6, 6.07) is 0. The van der Waals surface area contributed by atoms with E-state index in [1.807, 2.05) is 20.8 Å². The normalized spacial score (nSPS) is 31.7. The molecule has 0 radical (unpaired) electrons. The monoisotopic (exact) mass is 215 g/mol. The van der Waals surface area contributed by atoms with Crippen LogP contribution in [-0.4, -0.2) is 29.3 Å². The van der Waals surface area contributed by atoms with Crippen molar-refractivity contribution in [2.24, 2.45) is 17.6 Å². The Hall–Kier alpha value is -0.610. The lowest BCUT2D eigenvalue weighted by molar-refractivity contribution is -0.160. The van der Waals surface area contributed by atoms with Gasteiger partial charge in [0.05, 0.1) is 12.0 Å². The Bertz CT molecular complexity index is 234. The van der Waals surface area contributed by atoms with E-state index in [0.717, 1.165) is 0 Å². The molecule has 1 aliphatic carbocycles. The minimum atomic E-state index is -0.456. The number of aliphatic hydroxyl groups is 1. The quantitative estimate of drug-likeness (QED) is 0.664. The van der Waals surface area contributed by atoms with Crippen LogP contribution in [0.1, 0.15) is 33.6 Å². The molecule has 1 aliphatic rings. The van der Waals surface area contributed by atoms with Gasteiger partial charge in [0.25, 0.3) is 0 Å². The number of carbonyl (C=O) groups is 1. The maximum Gasteiger partial charge on any atom is 0.309 e. The smallest absolute Gasteiger partial charge is 0.309 e. The summed E-state index contributed by atoms with van der Waals surface area (Å²) < 4.78 is 5.27. The third kappa shape index (κ3) is 3.47. The lowest BCUT2D eigenvalue weighted by Gasteiger charge is -2.21. The zero-order chi connectivity index (χ0) is 11.6. The van der Waals surface area contributed by atoms with E-state index >= 15 is 0 Å². The molecule has 0 bridgehead atoms. The van der Waals surface area contributed by atoms with Crippen LogP contribution in [0.3, 0.4) is 0 Å². The first-order valence-electron chi connectivity index (χ1n) is 5.44. The first-order chi connectivity index (χ1) is 6.83. The van der Waals surface area contributed by atoms with E-state index in [-0.39, 0.29) is 17.8 Å². The van der Waals surface area contributed by atoms with E-state index < -0.39 is 11.7 Å². The maximum absolute atomic E-state index is 11.7. The fourth-order valence-electron chi connectivity index (χ4n) is 1.93. The Morgan fingerprint density at radius 3 is 2.47 bits per heavy atom. The van der Waals surface area contributed by atoms with Gasteiger partial charge in [-0.05, 0) is 46.1 Å². The van der Waals surface area contributed by atoms with Gasteiger partial charge in [0.2, 0.25) is 0 Å². The molecule has 1 saturated carbocycles. The van der Waals surface area contributed by atoms with Crippen LogP contribution >= 0.6 is 0 Å². The zero-order valence-electron chi connectivity index (χ0n) is 9.69. The van der Waals surface area contributed by atoms with E-state index in [4.69, 9.17) is 10.5 Å². The fourth-order valence-corrected chi connectivity index (χ4v) is 1.93. The molecule has 0 saturated heterocycles. The van der Waals surface area contributed by atoms with Gasteiger partial charge in [-0.2, -0.15) is 0 Å². The van der Waals surface area contributed by atoms with Crippen molar-refractivity contribution in [3.8, 4) is 0 Å². The molecule has 0 heterocycles. The molecular weight excluding hydrogens is 194 g/mol. The summed E-state index contributed by atoms with van der Waals surface area (Å²) in [5.74, 6) is -0.354. The predicted octanol–water partition coefficient (Wildman–Crippen LogP) is 0.674. The average molecular weight is 215 g/mol. The number of hydrogen-bond acceptors (Lipinski definition) is 4. The zero-order valence-corrected chi connectivity index (χ0v) is 9.69. The summed E-state index contributed by atoms with van der Waals surface area (Å²) in [6.07, 6.45) is 0.677. The van der Waals surface area contributed by atoms with Crippen molar-refractivity contribution in [3.05, 3.63) is 0 Å². The van der Waals surface area contributed by atoms with Crippen molar-refractivity contribution < 1.29 is 14.6 Å². The minimum Gasteiger partial charge on any atom is -0.460 e. The van der Waals surface area contributed by atoms with Crippen molar-refractivity contribution >= 4 is 5.97 Å². The summed E-state index contributed by atoms with van der Waals surface area (Å²) in [4.78, 5) is 11.7. The Morgan fingerprint density at radius 1 is 1.47 bits per heavy atom. The highest BCUT2D eigenvalue weighted by Crippen LogP contribution is 2.32. The largest absolute Gasteiger partial charge is 0.460 e. The van der Waals surface area contributed by atoms with Gasteiger partial charge in [0, 0.05) is 0 Å². The number of rotatable bonds is 2. The van der Waals surface area contributed by atoms with E-state index in [9.17, 15) is 9.90 Å². The van der Waals surface area contributed by atoms with Crippen LogP contribution in [0.15, 0.2) is 0 Å². The second-order valence-corrected chi connectivity index (χ2v) is 5.26. The molecule has 4 nitrogen and oxygen atoms in total. The fraction of sp³-hybridized carbons (Fsp3) is 0.909. The van der Waals surface area contributed by atoms with Gasteiger partial charge in [-0.1, -0.05) is 0 Å². The van der Waals surface area contributed by atoms with Gasteiger partial charge in [0.15, 0.2) is 0 Å². The lowest BCUT2D eigenvalue weighted by Crippen LogP contribution is -2.28. The second kappa shape index (κ2) is 4.49. The van der Waals surface area contributed by atoms with E-state index in [2.05, 4.69) is 0 Å². The standard InChI is InChI=1S/C11H21NO3/c1-11(2,3)15-10(14)7-4-8(6-12)9(13)5-7/h7-9,13H,4-6,12H2,1-3H3/t7-,8+,9+/m0/s1. The maximum atomic E-state index is 11.7. The van der Waals surface area contributed by atoms with Gasteiger partial charge >= 0.3 is 5.97 Å². The predicted molar refractivity (Wildman–Crippen MR) is 57.1 cm³/mol. The molecule has 3 N–H and O–H groups in total. The van der Waals surface area contributed by atoms with E-state index in [1.54, 1.807) is 0 Å². The number of aliphatic hydroxyl groups excluding tert-OH is 1. The number of ether oxygens (including phenoxy) is 1. The number of carbonyl (C=O) groups excluding carboxylic acids is 1. The van der Waals surface area contributed by atoms with Crippen molar-refractivity contribution in [1.82, 2.24) is 0 Å². The van der Waals surface area contributed by atoms with E-state index in [0.29, 0.717) is 19.4 Å².